The summed E-state index contributed by atoms with van der Waals surface area (Å²) in [6, 6.07) is 0. The number of hydrogen-bond donors (Lipinski definition) is 2. The zero-order chi connectivity index (χ0) is 4.50. The molecule has 0 saturated heterocycles. The largest absolute Gasteiger partial charge is 2.00 e. The van der Waals surface area contributed by atoms with Crippen LogP contribution < -0.4 is 0 Å². The molecule has 0 bridgehead atoms. The van der Waals surface area contributed by atoms with E-state index in [2.05, 4.69) is 0 Å². The van der Waals surface area contributed by atoms with Gasteiger partial charge >= 0.3 is 48.1 Å². The monoisotopic (exact) mass is 288 g/mol. The van der Waals surface area contributed by atoms with Crippen LogP contribution in [0.3, 0.4) is 0 Å². The molecule has 0 aromatic carbocycles. The number of halogens is 1. The van der Waals surface area contributed by atoms with Gasteiger partial charge in [-0.05, 0) is 0 Å². The Kier molecular flexibility index (Phi) is 43.7. The molecular formula is H5CaClFe2O4S. The summed E-state index contributed by atoms with van der Waals surface area (Å²) in [6.07, 6.45) is 0. The van der Waals surface area contributed by atoms with Gasteiger partial charge in [0.2, 0.25) is 0 Å². The van der Waals surface area contributed by atoms with Crippen LogP contribution >= 0.6 is 12.4 Å². The van der Waals surface area contributed by atoms with Crippen molar-refractivity contribution in [2.24, 2.45) is 0 Å². The third kappa shape index (κ3) is 124. The van der Waals surface area contributed by atoms with Gasteiger partial charge in [0, 0.05) is 34.1 Å². The van der Waals surface area contributed by atoms with E-state index in [4.69, 9.17) is 17.5 Å². The van der Waals surface area contributed by atoms with Crippen LogP contribution in [0.25, 0.3) is 0 Å². The molecule has 0 spiro atoms. The van der Waals surface area contributed by atoms with Gasteiger partial charge in [0.1, 0.15) is 0 Å². The average Bonchev–Trinajstić information content (AvgIpc) is 0.722. The Balaban J connectivity index is -0.00000000533. The molecule has 2 N–H and O–H groups in total. The van der Waals surface area contributed by atoms with Gasteiger partial charge in [-0.1, -0.05) is 0 Å². The Morgan fingerprint density at radius 3 is 1.11 bits per heavy atom. The Hall–Kier alpha value is 2.46. The summed E-state index contributed by atoms with van der Waals surface area (Å²) in [5.74, 6) is 0. The second kappa shape index (κ2) is 13.1. The predicted molar refractivity (Wildman–Crippen MR) is 29.4 cm³/mol. The van der Waals surface area contributed by atoms with Crippen LogP contribution in [0.2, 0.25) is 0 Å². The molecule has 9 heteroatoms. The first kappa shape index (κ1) is 30.0. The van der Waals surface area contributed by atoms with E-state index in [9.17, 15) is 0 Å². The molecule has 4 nitrogen and oxygen atoms in total. The molecule has 0 heterocycles. The zero-order valence-corrected chi connectivity index (χ0v) is 9.99. The van der Waals surface area contributed by atoms with E-state index in [-0.39, 0.29) is 87.1 Å². The maximum absolute atomic E-state index is 8.74. The van der Waals surface area contributed by atoms with Crippen LogP contribution in [0.15, 0.2) is 0 Å². The minimum Gasteiger partial charge on any atom is -1.00 e. The smallest absolute Gasteiger partial charge is 1.00 e. The average molecular weight is 288 g/mol. The van der Waals surface area contributed by atoms with Gasteiger partial charge < -0.3 is 2.85 Å². The molecule has 0 fully saturated rings. The fraction of sp³-hybridized carbons (Fsp3) is 0. The number of rotatable bonds is 0. The first-order chi connectivity index (χ1) is 2.00. The molecule has 0 amide bonds. The molecule has 9 heavy (non-hydrogen) atoms. The second-order valence-electron chi connectivity index (χ2n) is 0.448. The second-order valence-corrected chi connectivity index (χ2v) is 1.34. The van der Waals surface area contributed by atoms with Crippen molar-refractivity contribution in [3.63, 3.8) is 0 Å². The van der Waals surface area contributed by atoms with Crippen LogP contribution in [-0.4, -0.2) is 55.3 Å². The molecule has 0 rings (SSSR count). The van der Waals surface area contributed by atoms with E-state index in [1.807, 2.05) is 0 Å². The summed E-state index contributed by atoms with van der Waals surface area (Å²) >= 11 is 0. The summed E-state index contributed by atoms with van der Waals surface area (Å²) in [5.41, 5.74) is 0. The molecule has 0 saturated carbocycles. The summed E-state index contributed by atoms with van der Waals surface area (Å²) in [4.78, 5) is 0. The summed E-state index contributed by atoms with van der Waals surface area (Å²) < 4.78 is 31.6. The minimum absolute atomic E-state index is 0. The summed E-state index contributed by atoms with van der Waals surface area (Å²) in [7, 11) is -4.67. The molecule has 0 aliphatic heterocycles. The maximum Gasteiger partial charge on any atom is 2.00 e. The third-order valence-corrected chi connectivity index (χ3v) is 0. The molecule has 0 aliphatic carbocycles. The van der Waals surface area contributed by atoms with Crippen molar-refractivity contribution in [3.05, 3.63) is 0 Å². The molecule has 0 radical (unpaired) electrons. The zero-order valence-electron chi connectivity index (χ0n) is 5.94. The van der Waals surface area contributed by atoms with E-state index in [1.165, 1.54) is 0 Å². The molecule has 0 aliphatic rings. The Morgan fingerprint density at radius 1 is 1.11 bits per heavy atom. The van der Waals surface area contributed by atoms with Gasteiger partial charge in [-0.3, -0.25) is 9.11 Å². The van der Waals surface area contributed by atoms with Crippen molar-refractivity contribution in [2.45, 2.75) is 0 Å². The number of hydrogen-bond acceptors (Lipinski definition) is 2. The molecule has 60 valence electrons. The fourth-order valence-corrected chi connectivity index (χ4v) is 0. The third-order valence-electron chi connectivity index (χ3n) is 0. The van der Waals surface area contributed by atoms with Gasteiger partial charge in [0.05, 0.1) is 0 Å². The van der Waals surface area contributed by atoms with Gasteiger partial charge in [-0.25, -0.2) is 0 Å². The van der Waals surface area contributed by atoms with Crippen molar-refractivity contribution in [2.75, 3.05) is 0 Å². The molecule has 0 unspecified atom stereocenters. The van der Waals surface area contributed by atoms with Gasteiger partial charge in [-0.2, -0.15) is 8.42 Å². The van der Waals surface area contributed by atoms with Crippen molar-refractivity contribution in [3.8, 4) is 0 Å². The van der Waals surface area contributed by atoms with Crippen LogP contribution in [-0.2, 0) is 44.5 Å². The molecule has 0 aromatic heterocycles. The molecular weight excluding hydrogens is 283 g/mol. The normalized spacial score (nSPS) is 6.44. The predicted octanol–water partition coefficient (Wildman–Crippen LogP) is -0.392. The van der Waals surface area contributed by atoms with Crippen molar-refractivity contribution in [1.29, 1.82) is 0 Å². The van der Waals surface area contributed by atoms with Crippen LogP contribution in [0, 0.1) is 0 Å². The quantitative estimate of drug-likeness (QED) is 0.470. The Morgan fingerprint density at radius 2 is 1.11 bits per heavy atom. The topological polar surface area (TPSA) is 74.6 Å². The SMILES string of the molecule is Cl.O=S(=O)(O)O.[Ca+2].[Fe].[Fe].[H-].[H-]. The van der Waals surface area contributed by atoms with Gasteiger partial charge in [0.15, 0.2) is 0 Å². The summed E-state index contributed by atoms with van der Waals surface area (Å²) in [5, 5.41) is 0. The summed E-state index contributed by atoms with van der Waals surface area (Å²) in [6.45, 7) is 0. The van der Waals surface area contributed by atoms with E-state index < -0.39 is 10.4 Å². The maximum atomic E-state index is 8.74. The minimum atomic E-state index is -4.67. The van der Waals surface area contributed by atoms with Gasteiger partial charge in [0.25, 0.3) is 0 Å². The Bertz CT molecular complexity index is 109. The van der Waals surface area contributed by atoms with Crippen molar-refractivity contribution >= 4 is 60.5 Å². The molecule has 0 atom stereocenters. The van der Waals surface area contributed by atoms with Crippen molar-refractivity contribution in [1.82, 2.24) is 0 Å². The fourth-order valence-electron chi connectivity index (χ4n) is 0. The van der Waals surface area contributed by atoms with Crippen LogP contribution in [0.5, 0.6) is 0 Å². The van der Waals surface area contributed by atoms with E-state index in [0.29, 0.717) is 0 Å². The van der Waals surface area contributed by atoms with Crippen LogP contribution in [0.1, 0.15) is 2.85 Å². The van der Waals surface area contributed by atoms with Crippen LogP contribution in [0.4, 0.5) is 0 Å². The molecule has 0 aromatic rings. The van der Waals surface area contributed by atoms with Gasteiger partial charge in [-0.15, -0.1) is 12.4 Å². The van der Waals surface area contributed by atoms with Crippen molar-refractivity contribution < 1.29 is 54.5 Å². The standard InChI is InChI=1S/Ca.ClH.2Fe.H2O4S.2H/c;;;;1-5(2,3)4;;/h;1H;;;(H2,1,2,3,4);;/q+2;;;;;2*-1. The first-order valence-corrected chi connectivity index (χ1v) is 2.10. The van der Waals surface area contributed by atoms with E-state index in [1.54, 1.807) is 0 Å². The van der Waals surface area contributed by atoms with E-state index in [0.717, 1.165) is 0 Å². The van der Waals surface area contributed by atoms with E-state index >= 15 is 0 Å². The Labute approximate surface area is 113 Å². The first-order valence-electron chi connectivity index (χ1n) is 0.698.